The van der Waals surface area contributed by atoms with Crippen molar-refractivity contribution in [3.8, 4) is 34.1 Å². The van der Waals surface area contributed by atoms with E-state index in [9.17, 15) is 0 Å². The minimum atomic E-state index is -1.63. The molecule has 6 nitrogen and oxygen atoms in total. The van der Waals surface area contributed by atoms with Crippen molar-refractivity contribution in [3.05, 3.63) is 193 Å². The van der Waals surface area contributed by atoms with Crippen LogP contribution in [0, 0.1) is 0 Å². The van der Waals surface area contributed by atoms with Crippen LogP contribution in [0.15, 0.2) is 159 Å². The second-order valence-electron chi connectivity index (χ2n) is 13.3. The maximum absolute atomic E-state index is 7.16. The lowest BCUT2D eigenvalue weighted by Crippen LogP contribution is -2.06. The first-order valence-electron chi connectivity index (χ1n) is 17.8. The van der Waals surface area contributed by atoms with Crippen molar-refractivity contribution in [1.29, 1.82) is 0 Å². The van der Waals surface area contributed by atoms with E-state index < -0.39 is 17.1 Å². The van der Waals surface area contributed by atoms with E-state index in [2.05, 4.69) is 131 Å². The molecule has 0 spiro atoms. The van der Waals surface area contributed by atoms with E-state index in [-0.39, 0.29) is 0 Å². The predicted molar refractivity (Wildman–Crippen MR) is 222 cm³/mol. The number of aromatic nitrogens is 2. The number of benzene rings is 6. The summed E-state index contributed by atoms with van der Waals surface area (Å²) in [6.45, 7) is 8.09. The summed E-state index contributed by atoms with van der Waals surface area (Å²) in [4.78, 5) is 0. The molecule has 262 valence electrons. The summed E-state index contributed by atoms with van der Waals surface area (Å²) in [5.74, 6) is 3.02. The minimum Gasteiger partial charge on any atom is -0.422 e. The van der Waals surface area contributed by atoms with E-state index in [1.54, 1.807) is 0 Å². The van der Waals surface area contributed by atoms with Crippen LogP contribution in [0.5, 0.6) is 23.0 Å². The maximum atomic E-state index is 7.16. The highest BCUT2D eigenvalue weighted by Crippen LogP contribution is 2.55. The summed E-state index contributed by atoms with van der Waals surface area (Å²) in [6, 6.07) is 46.0. The standard InChI is InChI=1S/C46H34N2O4P2/c1-3-31-17-21-39-33(27-31)19-23-43(51-53-47-25-9-13-37(47)29-35-11-5-7-15-41(35)49-53)45(39)46-40-22-18-32(4-2)28-34(40)20-24-44(46)52-54-48-26-10-14-38(48)30-36-12-6-8-16-42(36)50-54/h3-28H,1-2,29-30H2. The molecule has 0 aliphatic carbocycles. The van der Waals surface area contributed by atoms with Gasteiger partial charge in [-0.25, -0.2) is 0 Å². The molecule has 54 heavy (non-hydrogen) atoms. The van der Waals surface area contributed by atoms with Crippen LogP contribution in [-0.2, 0) is 12.8 Å². The number of para-hydroxylation sites is 2. The average molecular weight is 741 g/mol. The van der Waals surface area contributed by atoms with Gasteiger partial charge in [-0.3, -0.25) is 8.68 Å². The fraction of sp³-hybridized carbons (Fsp3) is 0.0435. The Labute approximate surface area is 316 Å². The number of hydrogen-bond donors (Lipinski definition) is 0. The largest absolute Gasteiger partial charge is 0.422 e. The fourth-order valence-electron chi connectivity index (χ4n) is 7.41. The van der Waals surface area contributed by atoms with Crippen LogP contribution >= 0.6 is 17.1 Å². The Kier molecular flexibility index (Phi) is 8.09. The average Bonchev–Trinajstić information content (AvgIpc) is 3.81. The van der Waals surface area contributed by atoms with Gasteiger partial charge in [0.05, 0.1) is 0 Å². The molecule has 8 heteroatoms. The molecule has 0 N–H and O–H groups in total. The molecule has 0 amide bonds. The van der Waals surface area contributed by atoms with Crippen LogP contribution in [0.25, 0.3) is 44.8 Å². The second kappa shape index (κ2) is 13.4. The Morgan fingerprint density at radius 2 is 0.981 bits per heavy atom. The van der Waals surface area contributed by atoms with E-state index in [1.165, 1.54) is 0 Å². The highest BCUT2D eigenvalue weighted by Gasteiger charge is 2.31. The van der Waals surface area contributed by atoms with Crippen molar-refractivity contribution < 1.29 is 18.1 Å². The first-order chi connectivity index (χ1) is 26.6. The second-order valence-corrected chi connectivity index (χ2v) is 15.9. The number of hydrogen-bond acceptors (Lipinski definition) is 4. The van der Waals surface area contributed by atoms with Crippen molar-refractivity contribution in [2.24, 2.45) is 0 Å². The van der Waals surface area contributed by atoms with Crippen LogP contribution in [0.4, 0.5) is 0 Å². The summed E-state index contributed by atoms with van der Waals surface area (Å²) in [6.07, 6.45) is 9.35. The molecular weight excluding hydrogens is 706 g/mol. The monoisotopic (exact) mass is 740 g/mol. The normalized spacial score (nSPS) is 15.7. The Hall–Kier alpha value is -6.06. The summed E-state index contributed by atoms with van der Waals surface area (Å²) < 4.78 is 32.1. The summed E-state index contributed by atoms with van der Waals surface area (Å²) in [7, 11) is -3.26. The molecule has 2 aliphatic heterocycles. The van der Waals surface area contributed by atoms with E-state index in [0.717, 1.165) is 90.7 Å². The van der Waals surface area contributed by atoms with E-state index in [4.69, 9.17) is 18.1 Å². The van der Waals surface area contributed by atoms with Gasteiger partial charge in [0.25, 0.3) is 0 Å². The summed E-state index contributed by atoms with van der Waals surface area (Å²) >= 11 is 0. The molecule has 0 radical (unpaired) electrons. The van der Waals surface area contributed by atoms with Crippen LogP contribution in [0.1, 0.15) is 33.6 Å². The third kappa shape index (κ3) is 5.67. The highest BCUT2D eigenvalue weighted by atomic mass is 31.2. The molecule has 6 aromatic carbocycles. The third-order valence-electron chi connectivity index (χ3n) is 10.1. The zero-order valence-corrected chi connectivity index (χ0v) is 31.1. The summed E-state index contributed by atoms with van der Waals surface area (Å²) in [5, 5.41) is 4.14. The molecule has 2 unspecified atom stereocenters. The van der Waals surface area contributed by atoms with Crippen LogP contribution in [-0.4, -0.2) is 8.68 Å². The van der Waals surface area contributed by atoms with E-state index in [1.807, 2.05) is 48.8 Å². The predicted octanol–water partition coefficient (Wildman–Crippen LogP) is 12.8. The van der Waals surface area contributed by atoms with Crippen molar-refractivity contribution in [2.75, 3.05) is 0 Å². The maximum Gasteiger partial charge on any atom is 0.421 e. The van der Waals surface area contributed by atoms with Gasteiger partial charge in [-0.1, -0.05) is 98.1 Å². The first-order valence-corrected chi connectivity index (χ1v) is 20.1. The van der Waals surface area contributed by atoms with Gasteiger partial charge in [-0.05, 0) is 93.3 Å². The zero-order chi connectivity index (χ0) is 36.2. The molecule has 2 aliphatic rings. The quantitative estimate of drug-likeness (QED) is 0.153. The molecule has 10 rings (SSSR count). The molecule has 0 saturated heterocycles. The Bertz CT molecular complexity index is 2580. The smallest absolute Gasteiger partial charge is 0.421 e. The van der Waals surface area contributed by atoms with Gasteiger partial charge in [0.2, 0.25) is 0 Å². The van der Waals surface area contributed by atoms with E-state index >= 15 is 0 Å². The van der Waals surface area contributed by atoms with E-state index in [0.29, 0.717) is 11.5 Å². The van der Waals surface area contributed by atoms with Crippen LogP contribution in [0.2, 0.25) is 0 Å². The molecule has 8 aromatic rings. The number of nitrogens with zero attached hydrogens (tertiary/aromatic N) is 2. The van der Waals surface area contributed by atoms with Gasteiger partial charge in [0.1, 0.15) is 23.0 Å². The molecule has 0 bridgehead atoms. The highest BCUT2D eigenvalue weighted by molar-refractivity contribution is 7.46. The Balaban J connectivity index is 1.19. The Morgan fingerprint density at radius 3 is 1.44 bits per heavy atom. The number of rotatable bonds is 7. The van der Waals surface area contributed by atoms with Crippen molar-refractivity contribution in [3.63, 3.8) is 0 Å². The molecule has 0 fully saturated rings. The Morgan fingerprint density at radius 1 is 0.519 bits per heavy atom. The third-order valence-corrected chi connectivity index (χ3v) is 13.0. The lowest BCUT2D eigenvalue weighted by atomic mass is 9.91. The van der Waals surface area contributed by atoms with Gasteiger partial charge < -0.3 is 18.1 Å². The van der Waals surface area contributed by atoms with Gasteiger partial charge in [-0.15, -0.1) is 0 Å². The molecule has 0 saturated carbocycles. The number of fused-ring (bicyclic) bond motifs is 6. The zero-order valence-electron chi connectivity index (χ0n) is 29.3. The summed E-state index contributed by atoms with van der Waals surface area (Å²) in [5.41, 5.74) is 8.40. The molecule has 2 aromatic heterocycles. The van der Waals surface area contributed by atoms with Crippen LogP contribution in [0.3, 0.4) is 0 Å². The van der Waals surface area contributed by atoms with Gasteiger partial charge >= 0.3 is 17.1 Å². The lowest BCUT2D eigenvalue weighted by Gasteiger charge is -2.25. The molecule has 4 heterocycles. The van der Waals surface area contributed by atoms with Gasteiger partial charge in [0.15, 0.2) is 0 Å². The minimum absolute atomic E-state index is 0.686. The first kappa shape index (κ1) is 32.6. The van der Waals surface area contributed by atoms with Crippen molar-refractivity contribution in [1.82, 2.24) is 8.68 Å². The van der Waals surface area contributed by atoms with Crippen LogP contribution < -0.4 is 18.1 Å². The molecule has 2 atom stereocenters. The molecular formula is C46H34N2O4P2. The van der Waals surface area contributed by atoms with Crippen molar-refractivity contribution in [2.45, 2.75) is 12.8 Å². The lowest BCUT2D eigenvalue weighted by molar-refractivity contribution is 0.477. The topological polar surface area (TPSA) is 46.8 Å². The fourth-order valence-corrected chi connectivity index (χ4v) is 10.2. The van der Waals surface area contributed by atoms with Gasteiger partial charge in [-0.2, -0.15) is 0 Å². The van der Waals surface area contributed by atoms with Crippen molar-refractivity contribution >= 4 is 50.7 Å². The SMILES string of the molecule is C=Cc1ccc2c(-c3c(OP4Oc5ccccc5Cc5cccn54)ccc4cc(C=C)ccc34)c(OP3Oc4ccccc4Cc4cccn43)ccc2c1. The van der Waals surface area contributed by atoms with Gasteiger partial charge in [0, 0.05) is 58.9 Å².